The largest absolute Gasteiger partial charge is 0.395 e. The molecule has 1 aromatic heterocycles. The van der Waals surface area contributed by atoms with Crippen LogP contribution >= 0.6 is 11.6 Å². The van der Waals surface area contributed by atoms with Crippen LogP contribution in [0.4, 0.5) is 5.69 Å². The van der Waals surface area contributed by atoms with Gasteiger partial charge < -0.3 is 10.6 Å². The Balaban J connectivity index is 2.33. The van der Waals surface area contributed by atoms with E-state index in [1.54, 1.807) is 25.9 Å². The third kappa shape index (κ3) is 2.74. The first-order valence-corrected chi connectivity index (χ1v) is 7.03. The predicted molar refractivity (Wildman–Crippen MR) is 84.3 cm³/mol. The molecule has 0 aliphatic heterocycles. The summed E-state index contributed by atoms with van der Waals surface area (Å²) in [7, 11) is 3.45. The van der Waals surface area contributed by atoms with E-state index in [-0.39, 0.29) is 11.9 Å². The molecule has 6 heteroatoms. The number of carbonyl (C=O) groups excluding carboxylic acids is 1. The number of nitrogens with zero attached hydrogens (tertiary/aromatic N) is 3. The zero-order valence-electron chi connectivity index (χ0n) is 12.6. The van der Waals surface area contributed by atoms with Gasteiger partial charge in [0.1, 0.15) is 5.69 Å². The second-order valence-electron chi connectivity index (χ2n) is 5.08. The summed E-state index contributed by atoms with van der Waals surface area (Å²) >= 11 is 6.20. The number of nitrogens with two attached hydrogens (primary N) is 1. The normalized spacial score (nSPS) is 12.2. The van der Waals surface area contributed by atoms with Gasteiger partial charge in [-0.1, -0.05) is 29.8 Å². The maximum absolute atomic E-state index is 12.7. The van der Waals surface area contributed by atoms with Gasteiger partial charge in [-0.25, -0.2) is 0 Å². The van der Waals surface area contributed by atoms with Gasteiger partial charge >= 0.3 is 0 Å². The lowest BCUT2D eigenvalue weighted by Crippen LogP contribution is -2.31. The van der Waals surface area contributed by atoms with Crippen molar-refractivity contribution in [1.29, 1.82) is 0 Å². The lowest BCUT2D eigenvalue weighted by molar-refractivity contribution is 0.0732. The summed E-state index contributed by atoms with van der Waals surface area (Å²) in [6, 6.07) is 7.32. The molecule has 112 valence electrons. The maximum atomic E-state index is 12.7. The van der Waals surface area contributed by atoms with Gasteiger partial charge in [0.25, 0.3) is 5.91 Å². The van der Waals surface area contributed by atoms with Crippen LogP contribution in [0.15, 0.2) is 24.3 Å². The van der Waals surface area contributed by atoms with Crippen LogP contribution in [0.5, 0.6) is 0 Å². The number of hydrogen-bond donors (Lipinski definition) is 1. The first-order valence-electron chi connectivity index (χ1n) is 6.65. The van der Waals surface area contributed by atoms with E-state index in [2.05, 4.69) is 5.10 Å². The van der Waals surface area contributed by atoms with E-state index in [0.717, 1.165) is 5.56 Å². The molecule has 0 spiro atoms. The number of halogens is 1. The van der Waals surface area contributed by atoms with E-state index in [1.807, 2.05) is 31.2 Å². The average Bonchev–Trinajstić information content (AvgIpc) is 2.70. The lowest BCUT2D eigenvalue weighted by Gasteiger charge is -2.26. The molecule has 2 N–H and O–H groups in total. The number of hydrogen-bond acceptors (Lipinski definition) is 3. The topological polar surface area (TPSA) is 64.2 Å². The van der Waals surface area contributed by atoms with Gasteiger partial charge in [-0.15, -0.1) is 0 Å². The monoisotopic (exact) mass is 306 g/mol. The first-order chi connectivity index (χ1) is 9.84. The van der Waals surface area contributed by atoms with Crippen molar-refractivity contribution in [2.24, 2.45) is 7.05 Å². The van der Waals surface area contributed by atoms with Gasteiger partial charge in [-0.2, -0.15) is 5.10 Å². The lowest BCUT2D eigenvalue weighted by atomic mass is 10.1. The summed E-state index contributed by atoms with van der Waals surface area (Å²) in [5.74, 6) is -0.178. The van der Waals surface area contributed by atoms with Crippen LogP contribution in [-0.2, 0) is 7.05 Å². The van der Waals surface area contributed by atoms with Crippen molar-refractivity contribution in [3.05, 3.63) is 46.2 Å². The van der Waals surface area contributed by atoms with E-state index in [1.165, 1.54) is 4.68 Å². The van der Waals surface area contributed by atoms with Gasteiger partial charge in [0.05, 0.1) is 17.4 Å². The molecule has 1 heterocycles. The Morgan fingerprint density at radius 3 is 2.57 bits per heavy atom. The van der Waals surface area contributed by atoms with Gasteiger partial charge in [0.15, 0.2) is 0 Å². The highest BCUT2D eigenvalue weighted by Gasteiger charge is 2.25. The third-order valence-corrected chi connectivity index (χ3v) is 4.07. The molecule has 1 atom stereocenters. The molecule has 2 rings (SSSR count). The maximum Gasteiger partial charge on any atom is 0.274 e. The fraction of sp³-hybridized carbons (Fsp3) is 0.333. The molecule has 0 aliphatic rings. The third-order valence-electron chi connectivity index (χ3n) is 3.73. The van der Waals surface area contributed by atoms with Crippen molar-refractivity contribution >= 4 is 23.2 Å². The highest BCUT2D eigenvalue weighted by Crippen LogP contribution is 2.28. The van der Waals surface area contributed by atoms with Crippen LogP contribution in [-0.4, -0.2) is 27.6 Å². The van der Waals surface area contributed by atoms with Crippen molar-refractivity contribution in [1.82, 2.24) is 14.7 Å². The SMILES string of the molecule is Cc1nn(C)c(C(=O)N(C)C(C)c2ccccc2Cl)c1N. The molecule has 5 nitrogen and oxygen atoms in total. The second-order valence-corrected chi connectivity index (χ2v) is 5.49. The van der Waals surface area contributed by atoms with Crippen molar-refractivity contribution in [2.75, 3.05) is 12.8 Å². The van der Waals surface area contributed by atoms with Crippen LogP contribution in [0.3, 0.4) is 0 Å². The number of nitrogen functional groups attached to an aromatic ring is 1. The molecule has 2 aromatic rings. The zero-order chi connectivity index (χ0) is 15.7. The van der Waals surface area contributed by atoms with Crippen LogP contribution in [0.1, 0.15) is 34.7 Å². The summed E-state index contributed by atoms with van der Waals surface area (Å²) in [4.78, 5) is 14.3. The van der Waals surface area contributed by atoms with Gasteiger partial charge in [0, 0.05) is 19.1 Å². The number of benzene rings is 1. The van der Waals surface area contributed by atoms with Crippen LogP contribution < -0.4 is 5.73 Å². The Bertz CT molecular complexity index is 680. The van der Waals surface area contributed by atoms with E-state index < -0.39 is 0 Å². The quantitative estimate of drug-likeness (QED) is 0.948. The summed E-state index contributed by atoms with van der Waals surface area (Å²) in [5.41, 5.74) is 8.32. The smallest absolute Gasteiger partial charge is 0.274 e. The van der Waals surface area contributed by atoms with E-state index in [0.29, 0.717) is 22.1 Å². The molecule has 1 aromatic carbocycles. The summed E-state index contributed by atoms with van der Waals surface area (Å²) < 4.78 is 1.52. The molecular weight excluding hydrogens is 288 g/mol. The van der Waals surface area contributed by atoms with Crippen LogP contribution in [0.25, 0.3) is 0 Å². The van der Waals surface area contributed by atoms with Gasteiger partial charge in [-0.3, -0.25) is 9.48 Å². The fourth-order valence-electron chi connectivity index (χ4n) is 2.29. The molecule has 0 saturated carbocycles. The molecule has 1 amide bonds. The number of aryl methyl sites for hydroxylation is 2. The standard InChI is InChI=1S/C15H19ClN4O/c1-9-13(17)14(20(4)18-9)15(21)19(3)10(2)11-7-5-6-8-12(11)16/h5-8,10H,17H2,1-4H3. The Morgan fingerprint density at radius 1 is 1.43 bits per heavy atom. The highest BCUT2D eigenvalue weighted by atomic mass is 35.5. The van der Waals surface area contributed by atoms with Crippen LogP contribution in [0, 0.1) is 6.92 Å². The highest BCUT2D eigenvalue weighted by molar-refractivity contribution is 6.31. The molecule has 0 bridgehead atoms. The molecule has 1 unspecified atom stereocenters. The molecule has 0 radical (unpaired) electrons. The first kappa shape index (κ1) is 15.4. The van der Waals surface area contributed by atoms with Crippen LogP contribution in [0.2, 0.25) is 5.02 Å². The minimum absolute atomic E-state index is 0.166. The van der Waals surface area contributed by atoms with E-state index in [4.69, 9.17) is 17.3 Å². The Hall–Kier alpha value is -2.01. The van der Waals surface area contributed by atoms with E-state index >= 15 is 0 Å². The van der Waals surface area contributed by atoms with E-state index in [9.17, 15) is 4.79 Å². The number of amides is 1. The summed E-state index contributed by atoms with van der Waals surface area (Å²) in [5, 5.41) is 4.82. The van der Waals surface area contributed by atoms with Gasteiger partial charge in [0.2, 0.25) is 0 Å². The molecule has 0 saturated heterocycles. The average molecular weight is 307 g/mol. The Morgan fingerprint density at radius 2 is 2.05 bits per heavy atom. The minimum atomic E-state index is -0.178. The number of rotatable bonds is 3. The Labute approximate surface area is 129 Å². The predicted octanol–water partition coefficient (Wildman–Crippen LogP) is 2.80. The fourth-order valence-corrected chi connectivity index (χ4v) is 2.59. The van der Waals surface area contributed by atoms with Crippen molar-refractivity contribution in [2.45, 2.75) is 19.9 Å². The summed E-state index contributed by atoms with van der Waals surface area (Å²) in [6.07, 6.45) is 0. The molecule has 0 aliphatic carbocycles. The van der Waals surface area contributed by atoms with Crippen molar-refractivity contribution < 1.29 is 4.79 Å². The number of anilines is 1. The minimum Gasteiger partial charge on any atom is -0.395 e. The molecule has 21 heavy (non-hydrogen) atoms. The Kier molecular flexibility index (Phi) is 4.23. The van der Waals surface area contributed by atoms with Gasteiger partial charge in [-0.05, 0) is 25.5 Å². The molecule has 0 fully saturated rings. The van der Waals surface area contributed by atoms with Crippen molar-refractivity contribution in [3.8, 4) is 0 Å². The summed E-state index contributed by atoms with van der Waals surface area (Å²) in [6.45, 7) is 3.71. The number of aromatic nitrogens is 2. The molecular formula is C15H19ClN4O. The number of carbonyl (C=O) groups is 1. The second kappa shape index (κ2) is 5.77. The van der Waals surface area contributed by atoms with Crippen molar-refractivity contribution in [3.63, 3.8) is 0 Å². The zero-order valence-corrected chi connectivity index (χ0v) is 13.3.